The van der Waals surface area contributed by atoms with Crippen LogP contribution < -0.4 is 5.32 Å². The Morgan fingerprint density at radius 2 is 2.09 bits per heavy atom. The predicted molar refractivity (Wildman–Crippen MR) is 84.2 cm³/mol. The molecule has 0 bridgehead atoms. The molecule has 1 amide bonds. The largest absolute Gasteiger partial charge is 0.349 e. The number of hydrogen-bond donors (Lipinski definition) is 1. The van der Waals surface area contributed by atoms with Gasteiger partial charge in [-0.25, -0.2) is 14.6 Å². The zero-order valence-corrected chi connectivity index (χ0v) is 12.3. The molecule has 4 rings (SSSR count). The van der Waals surface area contributed by atoms with Gasteiger partial charge in [-0.3, -0.25) is 4.79 Å². The minimum Gasteiger partial charge on any atom is -0.349 e. The minimum absolute atomic E-state index is 0.0859. The van der Waals surface area contributed by atoms with Crippen LogP contribution in [0.3, 0.4) is 0 Å². The Kier molecular flexibility index (Phi) is 3.34. The van der Waals surface area contributed by atoms with Crippen molar-refractivity contribution in [2.24, 2.45) is 0 Å². The average molecular weight is 305 g/mol. The van der Waals surface area contributed by atoms with Crippen LogP contribution in [0.15, 0.2) is 61.3 Å². The molecule has 0 radical (unpaired) electrons. The van der Waals surface area contributed by atoms with E-state index in [1.165, 1.54) is 16.6 Å². The zero-order chi connectivity index (χ0) is 15.6. The molecule has 0 aliphatic heterocycles. The van der Waals surface area contributed by atoms with Crippen LogP contribution in [0.5, 0.6) is 0 Å². The first kappa shape index (κ1) is 13.6. The quantitative estimate of drug-likeness (QED) is 0.799. The van der Waals surface area contributed by atoms with E-state index < -0.39 is 0 Å². The van der Waals surface area contributed by atoms with Crippen LogP contribution in [-0.4, -0.2) is 31.7 Å². The highest BCUT2D eigenvalue weighted by Gasteiger charge is 2.39. The molecule has 1 N–H and O–H groups in total. The lowest BCUT2D eigenvalue weighted by Gasteiger charge is -2.06. The summed E-state index contributed by atoms with van der Waals surface area (Å²) in [5, 5.41) is 7.10. The van der Waals surface area contributed by atoms with Crippen molar-refractivity contribution in [1.82, 2.24) is 25.1 Å². The van der Waals surface area contributed by atoms with Crippen molar-refractivity contribution in [3.63, 3.8) is 0 Å². The fourth-order valence-electron chi connectivity index (χ4n) is 2.69. The SMILES string of the molecule is O=C(N[C@H]1C[C@H]1c1ccccc1)c1ccnc(-n2cncn2)c1. The van der Waals surface area contributed by atoms with Crippen LogP contribution in [0, 0.1) is 0 Å². The summed E-state index contributed by atoms with van der Waals surface area (Å²) in [5.74, 6) is 0.902. The van der Waals surface area contributed by atoms with E-state index in [0.717, 1.165) is 6.42 Å². The molecule has 6 nitrogen and oxygen atoms in total. The summed E-state index contributed by atoms with van der Waals surface area (Å²) in [5.41, 5.74) is 1.85. The second-order valence-electron chi connectivity index (χ2n) is 5.58. The first-order chi connectivity index (χ1) is 11.3. The van der Waals surface area contributed by atoms with Crippen molar-refractivity contribution in [3.05, 3.63) is 72.4 Å². The van der Waals surface area contributed by atoms with E-state index in [1.807, 2.05) is 18.2 Å². The molecule has 0 saturated heterocycles. The molecule has 2 heterocycles. The molecule has 6 heteroatoms. The number of pyridine rings is 1. The standard InChI is InChI=1S/C17H15N5O/c23-17(21-15-9-14(15)12-4-2-1-3-5-12)13-6-7-19-16(8-13)22-11-18-10-20-22/h1-8,10-11,14-15H,9H2,(H,21,23)/t14-,15-/m0/s1. The van der Waals surface area contributed by atoms with Gasteiger partial charge in [0.1, 0.15) is 12.7 Å². The second kappa shape index (κ2) is 5.64. The summed E-state index contributed by atoms with van der Waals surface area (Å²) in [6.45, 7) is 0. The van der Waals surface area contributed by atoms with E-state index in [0.29, 0.717) is 17.3 Å². The van der Waals surface area contributed by atoms with Gasteiger partial charge in [0.15, 0.2) is 5.82 Å². The van der Waals surface area contributed by atoms with Crippen LogP contribution in [0.4, 0.5) is 0 Å². The number of nitrogens with one attached hydrogen (secondary N) is 1. The van der Waals surface area contributed by atoms with E-state index in [2.05, 4.69) is 32.5 Å². The molecule has 0 unspecified atom stereocenters. The third-order valence-corrected chi connectivity index (χ3v) is 4.00. The third kappa shape index (κ3) is 2.83. The lowest BCUT2D eigenvalue weighted by molar-refractivity contribution is 0.0950. The molecule has 2 aromatic heterocycles. The van der Waals surface area contributed by atoms with Crippen molar-refractivity contribution in [1.29, 1.82) is 0 Å². The fraction of sp³-hybridized carbons (Fsp3) is 0.176. The van der Waals surface area contributed by atoms with Crippen molar-refractivity contribution in [2.45, 2.75) is 18.4 Å². The maximum absolute atomic E-state index is 12.4. The Morgan fingerprint density at radius 3 is 2.87 bits per heavy atom. The molecule has 114 valence electrons. The normalized spacial score (nSPS) is 19.3. The average Bonchev–Trinajstić information content (AvgIpc) is 3.14. The molecule has 2 atom stereocenters. The van der Waals surface area contributed by atoms with E-state index >= 15 is 0 Å². The van der Waals surface area contributed by atoms with Crippen LogP contribution >= 0.6 is 0 Å². The molecular weight excluding hydrogens is 290 g/mol. The maximum atomic E-state index is 12.4. The molecule has 1 aromatic carbocycles. The summed E-state index contributed by atoms with van der Waals surface area (Å²) in [7, 11) is 0. The van der Waals surface area contributed by atoms with Crippen molar-refractivity contribution in [3.8, 4) is 5.82 Å². The molecular formula is C17H15N5O. The van der Waals surface area contributed by atoms with E-state index in [9.17, 15) is 4.79 Å². The van der Waals surface area contributed by atoms with E-state index in [1.54, 1.807) is 24.7 Å². The Hall–Kier alpha value is -3.02. The number of carbonyl (C=O) groups is 1. The van der Waals surface area contributed by atoms with E-state index in [4.69, 9.17) is 0 Å². The number of rotatable bonds is 4. The number of carbonyl (C=O) groups excluding carboxylic acids is 1. The molecule has 1 saturated carbocycles. The molecule has 1 aliphatic rings. The number of amides is 1. The highest BCUT2D eigenvalue weighted by atomic mass is 16.1. The summed E-state index contributed by atoms with van der Waals surface area (Å²) < 4.78 is 1.53. The van der Waals surface area contributed by atoms with Crippen molar-refractivity contribution >= 4 is 5.91 Å². The van der Waals surface area contributed by atoms with Gasteiger partial charge >= 0.3 is 0 Å². The topological polar surface area (TPSA) is 72.7 Å². The molecule has 1 fully saturated rings. The lowest BCUT2D eigenvalue weighted by Crippen LogP contribution is -2.26. The van der Waals surface area contributed by atoms with Crippen LogP contribution in [0.25, 0.3) is 5.82 Å². The summed E-state index contributed by atoms with van der Waals surface area (Å²) in [6, 6.07) is 13.9. The fourth-order valence-corrected chi connectivity index (χ4v) is 2.69. The van der Waals surface area contributed by atoms with Crippen LogP contribution in [-0.2, 0) is 0 Å². The summed E-state index contributed by atoms with van der Waals surface area (Å²) >= 11 is 0. The maximum Gasteiger partial charge on any atom is 0.251 e. The van der Waals surface area contributed by atoms with Crippen LogP contribution in [0.1, 0.15) is 28.3 Å². The predicted octanol–water partition coefficient (Wildman–Crippen LogP) is 1.95. The summed E-state index contributed by atoms with van der Waals surface area (Å²) in [6.07, 6.45) is 5.57. The molecule has 23 heavy (non-hydrogen) atoms. The number of benzene rings is 1. The van der Waals surface area contributed by atoms with Gasteiger partial charge in [0.2, 0.25) is 0 Å². The Bertz CT molecular complexity index is 816. The zero-order valence-electron chi connectivity index (χ0n) is 12.3. The monoisotopic (exact) mass is 305 g/mol. The van der Waals surface area contributed by atoms with Gasteiger partial charge < -0.3 is 5.32 Å². The highest BCUT2D eigenvalue weighted by Crippen LogP contribution is 2.40. The van der Waals surface area contributed by atoms with Crippen molar-refractivity contribution in [2.75, 3.05) is 0 Å². The van der Waals surface area contributed by atoms with E-state index in [-0.39, 0.29) is 11.9 Å². The minimum atomic E-state index is -0.0859. The first-order valence-corrected chi connectivity index (χ1v) is 7.48. The summed E-state index contributed by atoms with van der Waals surface area (Å²) in [4.78, 5) is 20.5. The Balaban J connectivity index is 1.45. The lowest BCUT2D eigenvalue weighted by atomic mass is 10.1. The number of nitrogens with zero attached hydrogens (tertiary/aromatic N) is 4. The Labute approximate surface area is 133 Å². The van der Waals surface area contributed by atoms with Gasteiger partial charge in [0.05, 0.1) is 0 Å². The second-order valence-corrected chi connectivity index (χ2v) is 5.58. The van der Waals surface area contributed by atoms with Gasteiger partial charge in [0.25, 0.3) is 5.91 Å². The highest BCUT2D eigenvalue weighted by molar-refractivity contribution is 5.95. The van der Waals surface area contributed by atoms with Gasteiger partial charge in [0, 0.05) is 23.7 Å². The Morgan fingerprint density at radius 1 is 1.22 bits per heavy atom. The number of aromatic nitrogens is 4. The van der Waals surface area contributed by atoms with Gasteiger partial charge in [-0.05, 0) is 24.1 Å². The molecule has 1 aliphatic carbocycles. The van der Waals surface area contributed by atoms with Gasteiger partial charge in [-0.2, -0.15) is 5.10 Å². The third-order valence-electron chi connectivity index (χ3n) is 4.00. The smallest absolute Gasteiger partial charge is 0.251 e. The first-order valence-electron chi connectivity index (χ1n) is 7.48. The van der Waals surface area contributed by atoms with Gasteiger partial charge in [-0.15, -0.1) is 0 Å². The van der Waals surface area contributed by atoms with Gasteiger partial charge in [-0.1, -0.05) is 30.3 Å². The molecule has 0 spiro atoms. The number of hydrogen-bond acceptors (Lipinski definition) is 4. The van der Waals surface area contributed by atoms with Crippen LogP contribution in [0.2, 0.25) is 0 Å². The molecule has 3 aromatic rings. The van der Waals surface area contributed by atoms with Crippen molar-refractivity contribution < 1.29 is 4.79 Å².